The number of aryl methyl sites for hydroxylation is 4. The molecule has 2 aliphatic rings. The molecule has 6 nitrogen and oxygen atoms in total. The van der Waals surface area contributed by atoms with Crippen molar-refractivity contribution in [2.75, 3.05) is 20.1 Å². The van der Waals surface area contributed by atoms with Crippen molar-refractivity contribution in [1.82, 2.24) is 24.4 Å². The Hall–Kier alpha value is -3.38. The number of benzene rings is 1. The number of nitrogens with zero attached hydrogens (tertiary/aromatic N) is 6. The topological polar surface area (TPSA) is 59.2 Å². The van der Waals surface area contributed by atoms with Crippen LogP contribution in [0.3, 0.4) is 0 Å². The number of pyridine rings is 2. The van der Waals surface area contributed by atoms with Crippen LogP contribution < -0.4 is 0 Å². The van der Waals surface area contributed by atoms with Crippen LogP contribution in [0, 0.1) is 19.8 Å². The number of imidazole rings is 1. The zero-order chi connectivity index (χ0) is 28.3. The Kier molecular flexibility index (Phi) is 8.29. The second kappa shape index (κ2) is 12.2. The number of fused-ring (bicyclic) bond motifs is 1. The molecule has 0 radical (unpaired) electrons. The van der Waals surface area contributed by atoms with Gasteiger partial charge in [0.1, 0.15) is 11.3 Å². The zero-order valence-electron chi connectivity index (χ0n) is 25.2. The predicted molar refractivity (Wildman–Crippen MR) is 168 cm³/mol. The van der Waals surface area contributed by atoms with Crippen LogP contribution in [-0.4, -0.2) is 50.8 Å². The van der Waals surface area contributed by atoms with Crippen molar-refractivity contribution in [1.29, 1.82) is 0 Å². The molecule has 2 fully saturated rings. The second-order valence-corrected chi connectivity index (χ2v) is 12.3. The van der Waals surface area contributed by atoms with Crippen LogP contribution in [0.15, 0.2) is 53.5 Å². The molecule has 41 heavy (non-hydrogen) atoms. The Balaban J connectivity index is 1.10. The van der Waals surface area contributed by atoms with Gasteiger partial charge in [0.2, 0.25) is 0 Å². The van der Waals surface area contributed by atoms with E-state index in [0.717, 1.165) is 68.1 Å². The van der Waals surface area contributed by atoms with Crippen LogP contribution in [0.4, 0.5) is 0 Å². The van der Waals surface area contributed by atoms with E-state index in [1.807, 2.05) is 13.3 Å². The number of rotatable bonds is 9. The summed E-state index contributed by atoms with van der Waals surface area (Å²) < 4.78 is 2.44. The van der Waals surface area contributed by atoms with E-state index in [1.165, 1.54) is 53.2 Å². The molecule has 1 saturated heterocycles. The molecule has 1 saturated carbocycles. The standard InChI is InChI=1S/C35H44N6/c1-24-21-27(12-14-30(24)22-36-4)13-15-31-9-6-10-32(38-31)29-17-19-40(20-18-29)26(3)34-39-33-16-11-25(2)37-35(33)41(34)23-28-7-5-8-28/h6,9-12,14,16,21-22,26,28-29H,5,7-8,13,15,17-20,23H2,1-4H3. The van der Waals surface area contributed by atoms with Gasteiger partial charge in [-0.05, 0) is 119 Å². The van der Waals surface area contributed by atoms with E-state index in [4.69, 9.17) is 15.0 Å². The summed E-state index contributed by atoms with van der Waals surface area (Å²) in [5.74, 6) is 2.48. The van der Waals surface area contributed by atoms with Gasteiger partial charge in [-0.15, -0.1) is 0 Å². The van der Waals surface area contributed by atoms with Crippen LogP contribution in [-0.2, 0) is 19.4 Å². The average molecular weight is 549 g/mol. The number of likely N-dealkylation sites (tertiary alicyclic amines) is 1. The first-order valence-electron chi connectivity index (χ1n) is 15.5. The van der Waals surface area contributed by atoms with Crippen molar-refractivity contribution in [2.24, 2.45) is 10.9 Å². The second-order valence-electron chi connectivity index (χ2n) is 12.3. The van der Waals surface area contributed by atoms with E-state index < -0.39 is 0 Å². The molecule has 0 N–H and O–H groups in total. The van der Waals surface area contributed by atoms with Gasteiger partial charge in [-0.3, -0.25) is 14.9 Å². The molecule has 0 amide bonds. The first-order chi connectivity index (χ1) is 20.0. The molecule has 0 bridgehead atoms. The minimum absolute atomic E-state index is 0.281. The fourth-order valence-electron chi connectivity index (χ4n) is 6.61. The number of hydrogen-bond acceptors (Lipinski definition) is 5. The molecule has 6 heteroatoms. The summed E-state index contributed by atoms with van der Waals surface area (Å²) in [5.41, 5.74) is 9.46. The van der Waals surface area contributed by atoms with Gasteiger partial charge in [0.25, 0.3) is 0 Å². The molecule has 1 aromatic carbocycles. The Labute approximate surface area is 245 Å². The minimum atomic E-state index is 0.281. The highest BCUT2D eigenvalue weighted by Gasteiger charge is 2.30. The fourth-order valence-corrected chi connectivity index (χ4v) is 6.61. The number of aliphatic imine (C=N–C) groups is 1. The molecule has 1 aliphatic heterocycles. The van der Waals surface area contributed by atoms with Crippen LogP contribution in [0.25, 0.3) is 11.2 Å². The maximum atomic E-state index is 5.14. The van der Waals surface area contributed by atoms with Gasteiger partial charge < -0.3 is 4.57 Å². The molecular weight excluding hydrogens is 504 g/mol. The maximum absolute atomic E-state index is 5.14. The molecule has 4 aromatic rings. The van der Waals surface area contributed by atoms with Crippen LogP contribution in [0.1, 0.15) is 90.6 Å². The largest absolute Gasteiger partial charge is 0.311 e. The number of hydrogen-bond donors (Lipinski definition) is 0. The predicted octanol–water partition coefficient (Wildman–Crippen LogP) is 7.02. The van der Waals surface area contributed by atoms with Gasteiger partial charge in [0.15, 0.2) is 5.65 Å². The first-order valence-corrected chi connectivity index (χ1v) is 15.5. The summed E-state index contributed by atoms with van der Waals surface area (Å²) in [5, 5.41) is 0. The highest BCUT2D eigenvalue weighted by molar-refractivity contribution is 5.81. The van der Waals surface area contributed by atoms with Crippen molar-refractivity contribution in [3.63, 3.8) is 0 Å². The summed E-state index contributed by atoms with van der Waals surface area (Å²) >= 11 is 0. The fraction of sp³-hybridized carbons (Fsp3) is 0.486. The van der Waals surface area contributed by atoms with E-state index in [-0.39, 0.29) is 6.04 Å². The molecule has 1 aliphatic carbocycles. The van der Waals surface area contributed by atoms with Crippen LogP contribution in [0.5, 0.6) is 0 Å². The zero-order valence-corrected chi connectivity index (χ0v) is 25.2. The molecule has 3 aromatic heterocycles. The maximum Gasteiger partial charge on any atom is 0.160 e. The summed E-state index contributed by atoms with van der Waals surface area (Å²) in [6, 6.07) is 17.8. The van der Waals surface area contributed by atoms with Crippen LogP contribution >= 0.6 is 0 Å². The molecule has 4 heterocycles. The Morgan fingerprint density at radius 3 is 2.51 bits per heavy atom. The summed E-state index contributed by atoms with van der Waals surface area (Å²) in [6.45, 7) is 9.78. The van der Waals surface area contributed by atoms with Gasteiger partial charge in [-0.2, -0.15) is 0 Å². The van der Waals surface area contributed by atoms with Crippen molar-refractivity contribution >= 4 is 17.4 Å². The molecule has 1 atom stereocenters. The molecule has 1 unspecified atom stereocenters. The van der Waals surface area contributed by atoms with E-state index >= 15 is 0 Å². The lowest BCUT2D eigenvalue weighted by atomic mass is 9.85. The quantitative estimate of drug-likeness (QED) is 0.211. The Bertz CT molecular complexity index is 1520. The third-order valence-corrected chi connectivity index (χ3v) is 9.40. The van der Waals surface area contributed by atoms with Gasteiger partial charge in [0.05, 0.1) is 6.04 Å². The SMILES string of the molecule is CN=Cc1ccc(CCc2cccc(C3CCN(C(C)c4nc5ccc(C)nc5n4CC4CCC4)CC3)n2)cc1C. The highest BCUT2D eigenvalue weighted by atomic mass is 15.2. The number of piperidine rings is 1. The average Bonchev–Trinajstić information content (AvgIpc) is 3.32. The third kappa shape index (κ3) is 6.13. The number of aromatic nitrogens is 4. The smallest absolute Gasteiger partial charge is 0.160 e. The summed E-state index contributed by atoms with van der Waals surface area (Å²) in [4.78, 5) is 22.0. The Morgan fingerprint density at radius 1 is 0.951 bits per heavy atom. The molecular formula is C35H44N6. The summed E-state index contributed by atoms with van der Waals surface area (Å²) in [6.07, 6.45) is 10.2. The first kappa shape index (κ1) is 27.8. The molecule has 0 spiro atoms. The van der Waals surface area contributed by atoms with Gasteiger partial charge in [-0.1, -0.05) is 30.7 Å². The lowest BCUT2D eigenvalue weighted by Crippen LogP contribution is -2.36. The monoisotopic (exact) mass is 548 g/mol. The van der Waals surface area contributed by atoms with E-state index in [2.05, 4.69) is 83.8 Å². The Morgan fingerprint density at radius 2 is 1.78 bits per heavy atom. The third-order valence-electron chi connectivity index (χ3n) is 9.40. The van der Waals surface area contributed by atoms with Crippen molar-refractivity contribution < 1.29 is 0 Å². The lowest BCUT2D eigenvalue weighted by molar-refractivity contribution is 0.151. The van der Waals surface area contributed by atoms with Gasteiger partial charge in [0, 0.05) is 42.8 Å². The van der Waals surface area contributed by atoms with Crippen LogP contribution in [0.2, 0.25) is 0 Å². The highest BCUT2D eigenvalue weighted by Crippen LogP contribution is 2.35. The van der Waals surface area contributed by atoms with Gasteiger partial charge in [-0.25, -0.2) is 9.97 Å². The van der Waals surface area contributed by atoms with Gasteiger partial charge >= 0.3 is 0 Å². The van der Waals surface area contributed by atoms with Crippen molar-refractivity contribution in [3.8, 4) is 0 Å². The van der Waals surface area contributed by atoms with Crippen molar-refractivity contribution in [3.05, 3.63) is 88.1 Å². The van der Waals surface area contributed by atoms with E-state index in [1.54, 1.807) is 0 Å². The lowest BCUT2D eigenvalue weighted by Gasteiger charge is -2.36. The van der Waals surface area contributed by atoms with E-state index in [0.29, 0.717) is 5.92 Å². The normalized spacial score (nSPS) is 17.9. The molecule has 214 valence electrons. The molecule has 6 rings (SSSR count). The summed E-state index contributed by atoms with van der Waals surface area (Å²) in [7, 11) is 1.82. The minimum Gasteiger partial charge on any atom is -0.311 e. The van der Waals surface area contributed by atoms with E-state index in [9.17, 15) is 0 Å². The van der Waals surface area contributed by atoms with Crippen molar-refractivity contribution in [2.45, 2.75) is 84.2 Å².